The molecule has 3 aromatic rings. The molecule has 1 amide bonds. The van der Waals surface area contributed by atoms with Gasteiger partial charge in [-0.1, -0.05) is 61.4 Å². The largest absolute Gasteiger partial charge is 0.481 e. The molecule has 7 heteroatoms. The molecule has 0 spiro atoms. The summed E-state index contributed by atoms with van der Waals surface area (Å²) in [6.07, 6.45) is 3.08. The van der Waals surface area contributed by atoms with E-state index in [9.17, 15) is 14.7 Å². The standard InChI is InChI=1S/C26H28N4O3/c31-24(19-10-4-5-11-20(19)25(32)33)29-14-16-30(17-15-29)26-27-22-13-7-6-12-21(22)23(28-26)18-8-2-1-3-9-18/h1-3,6-9,12-13,19-20H,4-5,10-11,14-17H2,(H,32,33)/t19-,20+/m1/s1. The van der Waals surface area contributed by atoms with Gasteiger partial charge in [0.05, 0.1) is 23.0 Å². The summed E-state index contributed by atoms with van der Waals surface area (Å²) in [6, 6.07) is 18.1. The lowest BCUT2D eigenvalue weighted by Crippen LogP contribution is -2.52. The van der Waals surface area contributed by atoms with Crippen molar-refractivity contribution in [3.05, 3.63) is 54.6 Å². The molecule has 0 radical (unpaired) electrons. The van der Waals surface area contributed by atoms with Crippen molar-refractivity contribution in [3.8, 4) is 11.3 Å². The number of carbonyl (C=O) groups excluding carboxylic acids is 1. The zero-order valence-corrected chi connectivity index (χ0v) is 18.6. The quantitative estimate of drug-likeness (QED) is 0.658. The molecule has 2 aromatic carbocycles. The van der Waals surface area contributed by atoms with Gasteiger partial charge >= 0.3 is 5.97 Å². The first kappa shape index (κ1) is 21.4. The van der Waals surface area contributed by atoms with Crippen LogP contribution in [-0.4, -0.2) is 58.0 Å². The summed E-state index contributed by atoms with van der Waals surface area (Å²) in [4.78, 5) is 38.5. The van der Waals surface area contributed by atoms with Gasteiger partial charge in [-0.05, 0) is 18.9 Å². The Morgan fingerprint density at radius 1 is 0.818 bits per heavy atom. The predicted octanol–water partition coefficient (Wildman–Crippen LogP) is 3.84. The highest BCUT2D eigenvalue weighted by Gasteiger charge is 2.38. The number of fused-ring (bicyclic) bond motifs is 1. The van der Waals surface area contributed by atoms with Gasteiger partial charge in [0.25, 0.3) is 0 Å². The summed E-state index contributed by atoms with van der Waals surface area (Å²) < 4.78 is 0. The monoisotopic (exact) mass is 444 g/mol. The molecular formula is C26H28N4O3. The molecule has 1 saturated carbocycles. The SMILES string of the molecule is O=C(O)[C@H]1CCCC[C@H]1C(=O)N1CCN(c2nc(-c3ccccc3)c3ccccc3n2)CC1. The van der Waals surface area contributed by atoms with E-state index in [1.54, 1.807) is 0 Å². The fraction of sp³-hybridized carbons (Fsp3) is 0.385. The van der Waals surface area contributed by atoms with Crippen LogP contribution in [0.25, 0.3) is 22.2 Å². The normalized spacial score (nSPS) is 21.2. The molecule has 7 nitrogen and oxygen atoms in total. The third-order valence-electron chi connectivity index (χ3n) is 6.91. The number of rotatable bonds is 4. The van der Waals surface area contributed by atoms with E-state index >= 15 is 0 Å². The molecule has 1 N–H and O–H groups in total. The first-order valence-corrected chi connectivity index (χ1v) is 11.7. The lowest BCUT2D eigenvalue weighted by molar-refractivity contribution is -0.152. The van der Waals surface area contributed by atoms with Gasteiger partial charge in [-0.25, -0.2) is 9.97 Å². The summed E-state index contributed by atoms with van der Waals surface area (Å²) in [7, 11) is 0. The maximum absolute atomic E-state index is 13.1. The van der Waals surface area contributed by atoms with Crippen molar-refractivity contribution in [3.63, 3.8) is 0 Å². The van der Waals surface area contributed by atoms with E-state index in [2.05, 4.69) is 17.0 Å². The average molecular weight is 445 g/mol. The third-order valence-corrected chi connectivity index (χ3v) is 6.91. The van der Waals surface area contributed by atoms with Gasteiger partial charge in [0.2, 0.25) is 11.9 Å². The maximum atomic E-state index is 13.1. The fourth-order valence-electron chi connectivity index (χ4n) is 5.11. The molecule has 0 bridgehead atoms. The molecule has 2 heterocycles. The van der Waals surface area contributed by atoms with E-state index < -0.39 is 17.8 Å². The summed E-state index contributed by atoms with van der Waals surface area (Å²) in [5, 5.41) is 10.6. The molecule has 0 unspecified atom stereocenters. The molecule has 1 aliphatic carbocycles. The van der Waals surface area contributed by atoms with Crippen LogP contribution in [-0.2, 0) is 9.59 Å². The number of amides is 1. The molecule has 2 aliphatic rings. The molecule has 2 atom stereocenters. The highest BCUT2D eigenvalue weighted by atomic mass is 16.4. The van der Waals surface area contributed by atoms with Gasteiger partial charge in [0.1, 0.15) is 0 Å². The number of piperazine rings is 1. The van der Waals surface area contributed by atoms with E-state index in [-0.39, 0.29) is 5.91 Å². The first-order valence-electron chi connectivity index (χ1n) is 11.7. The zero-order valence-electron chi connectivity index (χ0n) is 18.6. The van der Waals surface area contributed by atoms with Crippen LogP contribution in [0.1, 0.15) is 25.7 Å². The zero-order chi connectivity index (χ0) is 22.8. The van der Waals surface area contributed by atoms with E-state index in [1.165, 1.54) is 0 Å². The number of carboxylic acids is 1. The number of aromatic nitrogens is 2. The van der Waals surface area contributed by atoms with Crippen molar-refractivity contribution in [1.82, 2.24) is 14.9 Å². The summed E-state index contributed by atoms with van der Waals surface area (Å²) >= 11 is 0. The minimum Gasteiger partial charge on any atom is -0.481 e. The second-order valence-electron chi connectivity index (χ2n) is 8.90. The van der Waals surface area contributed by atoms with Crippen LogP contribution in [0.5, 0.6) is 0 Å². The van der Waals surface area contributed by atoms with Crippen LogP contribution >= 0.6 is 0 Å². The number of para-hydroxylation sites is 1. The lowest BCUT2D eigenvalue weighted by Gasteiger charge is -2.38. The van der Waals surface area contributed by atoms with Crippen LogP contribution < -0.4 is 4.90 Å². The second-order valence-corrected chi connectivity index (χ2v) is 8.90. The molecule has 1 aromatic heterocycles. The van der Waals surface area contributed by atoms with Crippen LogP contribution in [0, 0.1) is 11.8 Å². The van der Waals surface area contributed by atoms with E-state index in [1.807, 2.05) is 47.4 Å². The molecule has 33 heavy (non-hydrogen) atoms. The molecule has 1 aliphatic heterocycles. The van der Waals surface area contributed by atoms with Crippen LogP contribution in [0.3, 0.4) is 0 Å². The number of anilines is 1. The van der Waals surface area contributed by atoms with Gasteiger partial charge in [0, 0.05) is 37.1 Å². The summed E-state index contributed by atoms with van der Waals surface area (Å²) in [6.45, 7) is 2.36. The van der Waals surface area contributed by atoms with Crippen molar-refractivity contribution in [2.45, 2.75) is 25.7 Å². The first-order chi connectivity index (χ1) is 16.1. The Kier molecular flexibility index (Phi) is 5.94. The smallest absolute Gasteiger partial charge is 0.307 e. The van der Waals surface area contributed by atoms with Crippen molar-refractivity contribution in [2.75, 3.05) is 31.1 Å². The number of carboxylic acid groups (broad SMARTS) is 1. The van der Waals surface area contributed by atoms with Crippen LogP contribution in [0.4, 0.5) is 5.95 Å². The van der Waals surface area contributed by atoms with Crippen molar-refractivity contribution in [1.29, 1.82) is 0 Å². The van der Waals surface area contributed by atoms with E-state index in [0.29, 0.717) is 45.0 Å². The fourth-order valence-corrected chi connectivity index (χ4v) is 5.11. The van der Waals surface area contributed by atoms with Crippen molar-refractivity contribution in [2.24, 2.45) is 11.8 Å². The van der Waals surface area contributed by atoms with Crippen LogP contribution in [0.15, 0.2) is 54.6 Å². The van der Waals surface area contributed by atoms with Crippen molar-refractivity contribution >= 4 is 28.7 Å². The van der Waals surface area contributed by atoms with E-state index in [0.717, 1.165) is 35.0 Å². The number of hydrogen-bond donors (Lipinski definition) is 1. The van der Waals surface area contributed by atoms with Gasteiger partial charge in [-0.2, -0.15) is 0 Å². The summed E-state index contributed by atoms with van der Waals surface area (Å²) in [5.74, 6) is -1.14. The van der Waals surface area contributed by atoms with Gasteiger partial charge in [-0.3, -0.25) is 9.59 Å². The van der Waals surface area contributed by atoms with Crippen molar-refractivity contribution < 1.29 is 14.7 Å². The van der Waals surface area contributed by atoms with Gasteiger partial charge < -0.3 is 14.9 Å². The Balaban J connectivity index is 1.36. The summed E-state index contributed by atoms with van der Waals surface area (Å²) in [5.41, 5.74) is 2.84. The lowest BCUT2D eigenvalue weighted by atomic mass is 9.78. The number of hydrogen-bond acceptors (Lipinski definition) is 5. The average Bonchev–Trinajstić information content (AvgIpc) is 2.88. The highest BCUT2D eigenvalue weighted by Crippen LogP contribution is 2.33. The number of carbonyl (C=O) groups is 2. The molecule has 5 rings (SSSR count). The van der Waals surface area contributed by atoms with Crippen LogP contribution in [0.2, 0.25) is 0 Å². The predicted molar refractivity (Wildman–Crippen MR) is 127 cm³/mol. The Labute approximate surface area is 193 Å². The Bertz CT molecular complexity index is 1160. The molecule has 1 saturated heterocycles. The van der Waals surface area contributed by atoms with Gasteiger partial charge in [-0.15, -0.1) is 0 Å². The Morgan fingerprint density at radius 3 is 2.21 bits per heavy atom. The molecule has 170 valence electrons. The second kappa shape index (κ2) is 9.17. The molecule has 2 fully saturated rings. The Hall–Kier alpha value is -3.48. The number of nitrogens with zero attached hydrogens (tertiary/aromatic N) is 4. The number of aliphatic carboxylic acids is 1. The topological polar surface area (TPSA) is 86.6 Å². The highest BCUT2D eigenvalue weighted by molar-refractivity contribution is 5.93. The minimum absolute atomic E-state index is 0.00819. The molecular weight excluding hydrogens is 416 g/mol. The Morgan fingerprint density at radius 2 is 1.48 bits per heavy atom. The third kappa shape index (κ3) is 4.27. The van der Waals surface area contributed by atoms with E-state index in [4.69, 9.17) is 9.97 Å². The number of benzene rings is 2. The van der Waals surface area contributed by atoms with Gasteiger partial charge in [0.15, 0.2) is 0 Å². The minimum atomic E-state index is -0.843. The maximum Gasteiger partial charge on any atom is 0.307 e.